The van der Waals surface area contributed by atoms with Gasteiger partial charge in [-0.1, -0.05) is 6.08 Å². The third kappa shape index (κ3) is 4.74. The number of alkyl halides is 3. The number of carbonyl (C=O) groups excluding carboxylic acids is 1. The van der Waals surface area contributed by atoms with Gasteiger partial charge in [-0.25, -0.2) is 0 Å². The van der Waals surface area contributed by atoms with Crippen molar-refractivity contribution in [2.24, 2.45) is 5.73 Å². The van der Waals surface area contributed by atoms with Crippen LogP contribution in [-0.2, 0) is 4.79 Å². The van der Waals surface area contributed by atoms with E-state index in [4.69, 9.17) is 5.73 Å². The summed E-state index contributed by atoms with van der Waals surface area (Å²) in [5.41, 5.74) is 4.71. The first kappa shape index (κ1) is 14.0. The van der Waals surface area contributed by atoms with E-state index in [-0.39, 0.29) is 32.0 Å². The fourth-order valence-electron chi connectivity index (χ4n) is 1.58. The molecular weight excluding hydrogens is 235 g/mol. The number of hydrogen-bond donors (Lipinski definition) is 2. The molecule has 1 heterocycles. The molecule has 4 nitrogen and oxygen atoms in total. The van der Waals surface area contributed by atoms with Crippen molar-refractivity contribution in [2.45, 2.75) is 12.6 Å². The van der Waals surface area contributed by atoms with Gasteiger partial charge in [-0.15, -0.1) is 0 Å². The van der Waals surface area contributed by atoms with Crippen LogP contribution in [0.15, 0.2) is 11.6 Å². The van der Waals surface area contributed by atoms with Crippen molar-refractivity contribution in [3.05, 3.63) is 11.6 Å². The van der Waals surface area contributed by atoms with Crippen LogP contribution in [0.25, 0.3) is 0 Å². The molecule has 17 heavy (non-hydrogen) atoms. The van der Waals surface area contributed by atoms with Gasteiger partial charge in [0.25, 0.3) is 0 Å². The van der Waals surface area contributed by atoms with Crippen LogP contribution in [0, 0.1) is 0 Å². The number of nitrogens with one attached hydrogen (secondary N) is 1. The molecule has 0 bridgehead atoms. The Bertz CT molecular complexity index is 302. The molecule has 0 spiro atoms. The van der Waals surface area contributed by atoms with Gasteiger partial charge in [-0.05, 0) is 6.42 Å². The lowest BCUT2D eigenvalue weighted by molar-refractivity contribution is -0.122. The molecule has 1 rings (SSSR count). The Hall–Kier alpha value is -1.08. The van der Waals surface area contributed by atoms with Crippen molar-refractivity contribution < 1.29 is 18.0 Å². The predicted octanol–water partition coefficient (Wildman–Crippen LogP) is 0.256. The fourth-order valence-corrected chi connectivity index (χ4v) is 1.58. The zero-order chi connectivity index (χ0) is 12.9. The van der Waals surface area contributed by atoms with Gasteiger partial charge >= 0.3 is 6.18 Å². The minimum Gasteiger partial charge on any atom is -0.354 e. The maximum atomic E-state index is 12.3. The average Bonchev–Trinajstić information content (AvgIpc) is 2.26. The second-order valence-electron chi connectivity index (χ2n) is 3.85. The Morgan fingerprint density at radius 3 is 2.71 bits per heavy atom. The van der Waals surface area contributed by atoms with E-state index >= 15 is 0 Å². The summed E-state index contributed by atoms with van der Waals surface area (Å²) in [4.78, 5) is 13.0. The first-order chi connectivity index (χ1) is 7.93. The Labute approximate surface area is 97.6 Å². The Morgan fingerprint density at radius 2 is 2.24 bits per heavy atom. The van der Waals surface area contributed by atoms with Crippen LogP contribution in [0.2, 0.25) is 0 Å². The number of halogens is 3. The Morgan fingerprint density at radius 1 is 1.53 bits per heavy atom. The molecule has 98 valence electrons. The number of nitrogens with two attached hydrogens (primary N) is 1. The highest BCUT2D eigenvalue weighted by atomic mass is 19.4. The quantitative estimate of drug-likeness (QED) is 0.704. The summed E-state index contributed by atoms with van der Waals surface area (Å²) < 4.78 is 37.0. The lowest BCUT2D eigenvalue weighted by Gasteiger charge is -2.26. The van der Waals surface area contributed by atoms with Crippen LogP contribution < -0.4 is 11.1 Å². The standard InChI is InChI=1S/C10H16F3N3O/c11-10(12,13)8-1-5-16(6-2-8)7-9(17)15-4-3-14/h1H,2-7,14H2,(H,15,17). The second-order valence-corrected chi connectivity index (χ2v) is 3.85. The molecule has 0 fully saturated rings. The van der Waals surface area contributed by atoms with E-state index in [9.17, 15) is 18.0 Å². The zero-order valence-electron chi connectivity index (χ0n) is 9.39. The molecular formula is C10H16F3N3O. The molecule has 0 radical (unpaired) electrons. The zero-order valence-corrected chi connectivity index (χ0v) is 9.39. The second kappa shape index (κ2) is 6.02. The third-order valence-corrected chi connectivity index (χ3v) is 2.49. The van der Waals surface area contributed by atoms with E-state index in [0.717, 1.165) is 6.08 Å². The molecule has 1 aliphatic rings. The summed E-state index contributed by atoms with van der Waals surface area (Å²) >= 11 is 0. The van der Waals surface area contributed by atoms with Crippen molar-refractivity contribution in [3.8, 4) is 0 Å². The highest BCUT2D eigenvalue weighted by Gasteiger charge is 2.34. The maximum Gasteiger partial charge on any atom is 0.412 e. The number of carbonyl (C=O) groups is 1. The van der Waals surface area contributed by atoms with E-state index in [2.05, 4.69) is 5.32 Å². The number of amides is 1. The van der Waals surface area contributed by atoms with Crippen LogP contribution in [0.5, 0.6) is 0 Å². The third-order valence-electron chi connectivity index (χ3n) is 2.49. The van der Waals surface area contributed by atoms with Crippen molar-refractivity contribution in [1.29, 1.82) is 0 Å². The van der Waals surface area contributed by atoms with Gasteiger partial charge in [-0.3, -0.25) is 9.69 Å². The molecule has 0 aromatic rings. The minimum atomic E-state index is -4.24. The molecule has 1 aliphatic heterocycles. The highest BCUT2D eigenvalue weighted by molar-refractivity contribution is 5.78. The molecule has 7 heteroatoms. The average molecular weight is 251 g/mol. The summed E-state index contributed by atoms with van der Waals surface area (Å²) in [5, 5.41) is 2.57. The summed E-state index contributed by atoms with van der Waals surface area (Å²) in [7, 11) is 0. The first-order valence-corrected chi connectivity index (χ1v) is 5.39. The van der Waals surface area contributed by atoms with Crippen molar-refractivity contribution in [1.82, 2.24) is 10.2 Å². The van der Waals surface area contributed by atoms with Gasteiger partial charge in [0.2, 0.25) is 5.91 Å². The fraction of sp³-hybridized carbons (Fsp3) is 0.700. The number of hydrogen-bond acceptors (Lipinski definition) is 3. The van der Waals surface area contributed by atoms with Crippen LogP contribution >= 0.6 is 0 Å². The largest absolute Gasteiger partial charge is 0.412 e. The summed E-state index contributed by atoms with van der Waals surface area (Å²) in [6, 6.07) is 0. The van der Waals surface area contributed by atoms with Gasteiger partial charge < -0.3 is 11.1 Å². The first-order valence-electron chi connectivity index (χ1n) is 5.39. The Balaban J connectivity index is 2.37. The van der Waals surface area contributed by atoms with Gasteiger partial charge in [0.1, 0.15) is 0 Å². The van der Waals surface area contributed by atoms with E-state index in [1.54, 1.807) is 4.90 Å². The van der Waals surface area contributed by atoms with Crippen LogP contribution in [0.1, 0.15) is 6.42 Å². The summed E-state index contributed by atoms with van der Waals surface area (Å²) in [6.45, 7) is 1.26. The van der Waals surface area contributed by atoms with Crippen LogP contribution in [0.4, 0.5) is 13.2 Å². The van der Waals surface area contributed by atoms with Crippen molar-refractivity contribution >= 4 is 5.91 Å². The summed E-state index contributed by atoms with van der Waals surface area (Å²) in [5.74, 6) is -0.209. The van der Waals surface area contributed by atoms with Gasteiger partial charge in [0, 0.05) is 31.8 Å². The molecule has 3 N–H and O–H groups in total. The summed E-state index contributed by atoms with van der Waals surface area (Å²) in [6.07, 6.45) is -3.17. The SMILES string of the molecule is NCCNC(=O)CN1CC=C(C(F)(F)F)CC1. The van der Waals surface area contributed by atoms with Crippen LogP contribution in [0.3, 0.4) is 0 Å². The Kier molecular flexibility index (Phi) is 4.95. The highest BCUT2D eigenvalue weighted by Crippen LogP contribution is 2.29. The molecule has 1 amide bonds. The molecule has 0 atom stereocenters. The topological polar surface area (TPSA) is 58.4 Å². The maximum absolute atomic E-state index is 12.3. The predicted molar refractivity (Wildman–Crippen MR) is 57.3 cm³/mol. The van der Waals surface area contributed by atoms with Crippen molar-refractivity contribution in [2.75, 3.05) is 32.7 Å². The van der Waals surface area contributed by atoms with Gasteiger partial charge in [0.15, 0.2) is 0 Å². The molecule has 0 saturated heterocycles. The van der Waals surface area contributed by atoms with E-state index in [0.29, 0.717) is 13.1 Å². The lowest BCUT2D eigenvalue weighted by atomic mass is 10.1. The van der Waals surface area contributed by atoms with E-state index < -0.39 is 11.7 Å². The minimum absolute atomic E-state index is 0.0618. The van der Waals surface area contributed by atoms with E-state index in [1.807, 2.05) is 0 Å². The molecule has 0 aromatic carbocycles. The van der Waals surface area contributed by atoms with Gasteiger partial charge in [-0.2, -0.15) is 13.2 Å². The smallest absolute Gasteiger partial charge is 0.354 e. The van der Waals surface area contributed by atoms with Crippen LogP contribution in [-0.4, -0.2) is 49.7 Å². The molecule has 0 saturated carbocycles. The number of nitrogens with zero attached hydrogens (tertiary/aromatic N) is 1. The van der Waals surface area contributed by atoms with Crippen molar-refractivity contribution in [3.63, 3.8) is 0 Å². The monoisotopic (exact) mass is 251 g/mol. The molecule has 0 unspecified atom stereocenters. The van der Waals surface area contributed by atoms with Gasteiger partial charge in [0.05, 0.1) is 6.54 Å². The number of rotatable bonds is 4. The molecule has 0 aromatic heterocycles. The molecule has 0 aliphatic carbocycles. The normalized spacial score (nSPS) is 17.8. The van der Waals surface area contributed by atoms with E-state index in [1.165, 1.54) is 0 Å². The lowest BCUT2D eigenvalue weighted by Crippen LogP contribution is -2.41.